The van der Waals surface area contributed by atoms with Crippen molar-refractivity contribution in [3.8, 4) is 11.1 Å². The quantitative estimate of drug-likeness (QED) is 0.130. The van der Waals surface area contributed by atoms with Gasteiger partial charge in [0.15, 0.2) is 0 Å². The first-order valence-electron chi connectivity index (χ1n) is 12.8. The number of ether oxygens (including phenoxy) is 1. The number of nitrogens with one attached hydrogen (secondary N) is 3. The molecule has 1 atom stereocenters. The molecule has 12 heteroatoms. The first-order chi connectivity index (χ1) is 19.7. The van der Waals surface area contributed by atoms with Crippen molar-refractivity contribution in [2.45, 2.75) is 25.3 Å². The van der Waals surface area contributed by atoms with Gasteiger partial charge in [-0.1, -0.05) is 59.6 Å². The number of rotatable bonds is 10. The second-order valence-corrected chi connectivity index (χ2v) is 9.90. The average molecular weight is 601 g/mol. The van der Waals surface area contributed by atoms with Gasteiger partial charge in [-0.15, -0.1) is 0 Å². The Bertz CT molecular complexity index is 1360. The number of hydrogen-bond acceptors (Lipinski definition) is 7. The Kier molecular flexibility index (Phi) is 12.1. The molecule has 10 nitrogen and oxygen atoms in total. The van der Waals surface area contributed by atoms with E-state index in [0.717, 1.165) is 41.5 Å². The van der Waals surface area contributed by atoms with Gasteiger partial charge in [0, 0.05) is 31.3 Å². The van der Waals surface area contributed by atoms with E-state index in [1.54, 1.807) is 24.3 Å². The largest absolute Gasteiger partial charge is 0.471 e. The molecule has 3 N–H and O–H groups in total. The summed E-state index contributed by atoms with van der Waals surface area (Å²) in [4.78, 5) is 44.7. The summed E-state index contributed by atoms with van der Waals surface area (Å²) >= 11 is 12.7. The van der Waals surface area contributed by atoms with E-state index in [-0.39, 0.29) is 52.9 Å². The normalized spacial score (nSPS) is 13.6. The highest BCUT2D eigenvalue weighted by atomic mass is 35.5. The number of nitro benzene ring substituents is 1. The number of amides is 2. The van der Waals surface area contributed by atoms with E-state index in [0.29, 0.717) is 6.47 Å². The number of halogens is 2. The summed E-state index contributed by atoms with van der Waals surface area (Å²) in [5.74, 6) is -0.669. The number of hydrogen-bond donors (Lipinski definition) is 3. The van der Waals surface area contributed by atoms with Crippen molar-refractivity contribution in [2.24, 2.45) is 0 Å². The van der Waals surface area contributed by atoms with Crippen molar-refractivity contribution in [3.05, 3.63) is 97.5 Å². The molecule has 1 unspecified atom stereocenters. The molecule has 0 aliphatic heterocycles. The van der Waals surface area contributed by atoms with Gasteiger partial charge in [-0.2, -0.15) is 0 Å². The zero-order chi connectivity index (χ0) is 29.8. The van der Waals surface area contributed by atoms with Crippen molar-refractivity contribution in [2.75, 3.05) is 26.7 Å². The minimum absolute atomic E-state index is 0.0440. The lowest BCUT2D eigenvalue weighted by molar-refractivity contribution is -0.385. The number of carbonyl (C=O) groups excluding carboxylic acids is 3. The summed E-state index contributed by atoms with van der Waals surface area (Å²) < 4.78 is 3.86. The number of nitro groups is 1. The van der Waals surface area contributed by atoms with E-state index in [9.17, 15) is 19.7 Å². The Labute approximate surface area is 247 Å². The van der Waals surface area contributed by atoms with E-state index >= 15 is 0 Å². The minimum Gasteiger partial charge on any atom is -0.471 e. The van der Waals surface area contributed by atoms with E-state index in [4.69, 9.17) is 28.0 Å². The van der Waals surface area contributed by atoms with Gasteiger partial charge in [0.25, 0.3) is 18.1 Å². The molecule has 4 rings (SSSR count). The monoisotopic (exact) mass is 600 g/mol. The molecular formula is C29H30Cl2N4O6. The Morgan fingerprint density at radius 2 is 1.68 bits per heavy atom. The molecule has 2 amide bonds. The van der Waals surface area contributed by atoms with Crippen LogP contribution < -0.4 is 16.0 Å². The van der Waals surface area contributed by atoms with E-state index < -0.39 is 10.8 Å². The minimum atomic E-state index is -0.428. The maximum atomic E-state index is 12.7. The molecule has 41 heavy (non-hydrogen) atoms. The van der Waals surface area contributed by atoms with Crippen LogP contribution in [0.25, 0.3) is 11.1 Å². The number of nitrogens with zero attached hydrogens (tertiary/aromatic N) is 1. The number of methoxy groups -OCH3 is 1. The zero-order valence-corrected chi connectivity index (χ0v) is 23.8. The summed E-state index contributed by atoms with van der Waals surface area (Å²) in [5.41, 5.74) is 3.90. The maximum Gasteiger partial charge on any atom is 0.292 e. The summed E-state index contributed by atoms with van der Waals surface area (Å²) in [5, 5.41) is 20.3. The summed E-state index contributed by atoms with van der Waals surface area (Å²) in [7, 11) is 1.31. The predicted molar refractivity (Wildman–Crippen MR) is 157 cm³/mol. The third-order valence-corrected chi connectivity index (χ3v) is 6.97. The van der Waals surface area contributed by atoms with E-state index in [2.05, 4.69) is 20.7 Å². The Morgan fingerprint density at radius 1 is 1.02 bits per heavy atom. The molecule has 0 aromatic heterocycles. The lowest BCUT2D eigenvalue weighted by Crippen LogP contribution is -2.40. The van der Waals surface area contributed by atoms with Crippen LogP contribution in [0.15, 0.2) is 60.7 Å². The average Bonchev–Trinajstić information content (AvgIpc) is 2.98. The van der Waals surface area contributed by atoms with Crippen molar-refractivity contribution < 1.29 is 24.0 Å². The molecule has 1 aliphatic carbocycles. The number of benzene rings is 3. The van der Waals surface area contributed by atoms with Gasteiger partial charge < -0.3 is 20.7 Å². The van der Waals surface area contributed by atoms with Gasteiger partial charge in [-0.3, -0.25) is 24.5 Å². The smallest absolute Gasteiger partial charge is 0.292 e. The predicted octanol–water partition coefficient (Wildman–Crippen LogP) is 4.87. The van der Waals surface area contributed by atoms with Crippen LogP contribution in [0.1, 0.15) is 40.4 Å². The highest BCUT2D eigenvalue weighted by Gasteiger charge is 2.23. The Balaban J connectivity index is 0.00000108. The lowest BCUT2D eigenvalue weighted by atomic mass is 9.87. The molecule has 0 saturated carbocycles. The molecule has 3 aromatic carbocycles. The second-order valence-electron chi connectivity index (χ2n) is 9.08. The van der Waals surface area contributed by atoms with Gasteiger partial charge >= 0.3 is 0 Å². The van der Waals surface area contributed by atoms with Crippen LogP contribution >= 0.6 is 23.2 Å². The van der Waals surface area contributed by atoms with Gasteiger partial charge in [0.1, 0.15) is 0 Å². The van der Waals surface area contributed by atoms with Crippen molar-refractivity contribution in [1.82, 2.24) is 16.0 Å². The highest BCUT2D eigenvalue weighted by molar-refractivity contribution is 6.40. The van der Waals surface area contributed by atoms with Crippen molar-refractivity contribution in [3.63, 3.8) is 0 Å². The summed E-state index contributed by atoms with van der Waals surface area (Å²) in [6, 6.07) is 17.7. The van der Waals surface area contributed by atoms with Crippen LogP contribution in [-0.2, 0) is 20.7 Å². The zero-order valence-electron chi connectivity index (χ0n) is 22.3. The third-order valence-electron chi connectivity index (χ3n) is 6.37. The third kappa shape index (κ3) is 9.01. The first kappa shape index (κ1) is 31.5. The SMILES string of the molecule is COC=O.O=C(CNC1CCCc2ccc([N+](=O)[O-])cc21)NCCNC(=O)c1c(Cl)cc(-c2ccccc2)cc1Cl. The fourth-order valence-electron chi connectivity index (χ4n) is 4.44. The van der Waals surface area contributed by atoms with Crippen LogP contribution in [0.4, 0.5) is 5.69 Å². The fraction of sp³-hybridized carbons (Fsp3) is 0.276. The molecule has 0 spiro atoms. The number of non-ortho nitro benzene ring substituents is 1. The molecule has 0 heterocycles. The van der Waals surface area contributed by atoms with Crippen molar-refractivity contribution in [1.29, 1.82) is 0 Å². The molecule has 0 bridgehead atoms. The number of carbonyl (C=O) groups is 3. The molecule has 0 saturated heterocycles. The summed E-state index contributed by atoms with van der Waals surface area (Å²) in [6.07, 6.45) is 2.59. The first-order valence-corrected chi connectivity index (χ1v) is 13.6. The van der Waals surface area contributed by atoms with E-state index in [1.165, 1.54) is 13.2 Å². The maximum absolute atomic E-state index is 12.7. The molecule has 0 radical (unpaired) electrons. The van der Waals surface area contributed by atoms with Crippen LogP contribution in [0.3, 0.4) is 0 Å². The lowest BCUT2D eigenvalue weighted by Gasteiger charge is -2.26. The van der Waals surface area contributed by atoms with Crippen LogP contribution in [-0.4, -0.2) is 50.0 Å². The molecule has 1 aliphatic rings. The van der Waals surface area contributed by atoms with Crippen LogP contribution in [0.5, 0.6) is 0 Å². The standard InChI is InChI=1S/C27H26Cl2N4O4.C2H4O2/c28-22-13-19(17-5-2-1-3-6-17)14-23(29)26(22)27(35)31-12-11-30-25(34)16-32-24-8-4-7-18-9-10-20(33(36)37)15-21(18)24;1-4-2-3/h1-3,5-6,9-10,13-15,24,32H,4,7-8,11-12,16H2,(H,30,34)(H,31,35);2H,1H3. The van der Waals surface area contributed by atoms with Gasteiger partial charge in [0.2, 0.25) is 5.91 Å². The van der Waals surface area contributed by atoms with E-state index in [1.807, 2.05) is 30.3 Å². The molecule has 0 fully saturated rings. The second kappa shape index (κ2) is 15.7. The number of fused-ring (bicyclic) bond motifs is 1. The van der Waals surface area contributed by atoms with Crippen molar-refractivity contribution >= 4 is 47.2 Å². The summed E-state index contributed by atoms with van der Waals surface area (Å²) in [6.45, 7) is 0.839. The topological polar surface area (TPSA) is 140 Å². The van der Waals surface area contributed by atoms with Crippen LogP contribution in [0.2, 0.25) is 10.0 Å². The molecular weight excluding hydrogens is 571 g/mol. The molecule has 216 valence electrons. The fourth-order valence-corrected chi connectivity index (χ4v) is 5.10. The Hall–Kier alpha value is -3.99. The van der Waals surface area contributed by atoms with Gasteiger partial charge in [0.05, 0.1) is 34.2 Å². The Morgan fingerprint density at radius 3 is 2.32 bits per heavy atom. The highest BCUT2D eigenvalue weighted by Crippen LogP contribution is 2.33. The van der Waals surface area contributed by atoms with Gasteiger partial charge in [-0.25, -0.2) is 0 Å². The number of aryl methyl sites for hydroxylation is 1. The van der Waals surface area contributed by atoms with Crippen LogP contribution in [0, 0.1) is 10.1 Å². The van der Waals surface area contributed by atoms with Gasteiger partial charge in [-0.05, 0) is 53.6 Å². The molecule has 3 aromatic rings.